The molecular formula is C17H24ClN3O2S. The van der Waals surface area contributed by atoms with Gasteiger partial charge in [0.2, 0.25) is 10.0 Å². The average molecular weight is 370 g/mol. The minimum atomic E-state index is -3.51. The lowest BCUT2D eigenvalue weighted by Crippen LogP contribution is -2.43. The Bertz CT molecular complexity index is 716. The summed E-state index contributed by atoms with van der Waals surface area (Å²) in [4.78, 5) is 0.272. The van der Waals surface area contributed by atoms with E-state index in [-0.39, 0.29) is 17.3 Å². The molecule has 1 N–H and O–H groups in total. The number of aryl methyl sites for hydroxylation is 1. The molecule has 0 saturated carbocycles. The predicted molar refractivity (Wildman–Crippen MR) is 95.6 cm³/mol. The fourth-order valence-electron chi connectivity index (χ4n) is 3.72. The molecule has 7 heteroatoms. The molecule has 2 fully saturated rings. The molecule has 0 amide bonds. The molecule has 0 aliphatic carbocycles. The minimum Gasteiger partial charge on any atom is -0.314 e. The fourth-order valence-corrected chi connectivity index (χ4v) is 5.44. The first-order valence-electron chi connectivity index (χ1n) is 8.26. The van der Waals surface area contributed by atoms with Gasteiger partial charge in [-0.1, -0.05) is 6.07 Å². The molecule has 132 valence electrons. The second kappa shape index (κ2) is 7.83. The first-order valence-corrected chi connectivity index (χ1v) is 9.70. The van der Waals surface area contributed by atoms with Gasteiger partial charge in [0.25, 0.3) is 0 Å². The zero-order valence-electron chi connectivity index (χ0n) is 13.9. The van der Waals surface area contributed by atoms with E-state index in [1.165, 1.54) is 18.9 Å². The van der Waals surface area contributed by atoms with Gasteiger partial charge in [0, 0.05) is 19.1 Å². The number of piperidine rings is 1. The van der Waals surface area contributed by atoms with Crippen LogP contribution in [0.3, 0.4) is 0 Å². The van der Waals surface area contributed by atoms with Crippen molar-refractivity contribution in [2.75, 3.05) is 19.6 Å². The first-order chi connectivity index (χ1) is 11.0. The van der Waals surface area contributed by atoms with Crippen LogP contribution in [-0.2, 0) is 10.0 Å². The van der Waals surface area contributed by atoms with Crippen LogP contribution in [-0.4, -0.2) is 38.4 Å². The van der Waals surface area contributed by atoms with Gasteiger partial charge in [0.15, 0.2) is 0 Å². The molecule has 0 aromatic heterocycles. The third-order valence-electron chi connectivity index (χ3n) is 5.10. The average Bonchev–Trinajstić information content (AvgIpc) is 3.10. The number of hydrogen-bond acceptors (Lipinski definition) is 4. The van der Waals surface area contributed by atoms with Crippen molar-refractivity contribution in [3.05, 3.63) is 29.3 Å². The molecule has 0 bridgehead atoms. The lowest BCUT2D eigenvalue weighted by atomic mass is 9.89. The molecule has 3 rings (SSSR count). The van der Waals surface area contributed by atoms with E-state index in [1.54, 1.807) is 23.4 Å². The third kappa shape index (κ3) is 3.75. The van der Waals surface area contributed by atoms with E-state index in [2.05, 4.69) is 5.32 Å². The van der Waals surface area contributed by atoms with Crippen LogP contribution in [0.2, 0.25) is 0 Å². The van der Waals surface area contributed by atoms with Crippen LogP contribution in [0.4, 0.5) is 0 Å². The summed E-state index contributed by atoms with van der Waals surface area (Å²) in [6.45, 7) is 4.01. The van der Waals surface area contributed by atoms with Gasteiger partial charge in [0.1, 0.15) is 0 Å². The van der Waals surface area contributed by atoms with E-state index in [9.17, 15) is 8.42 Å². The van der Waals surface area contributed by atoms with Crippen molar-refractivity contribution in [3.63, 3.8) is 0 Å². The first kappa shape index (κ1) is 19.2. The Morgan fingerprint density at radius 3 is 2.54 bits per heavy atom. The van der Waals surface area contributed by atoms with Gasteiger partial charge in [-0.15, -0.1) is 12.4 Å². The summed E-state index contributed by atoms with van der Waals surface area (Å²) in [6, 6.07) is 7.44. The van der Waals surface area contributed by atoms with Crippen molar-refractivity contribution in [1.29, 1.82) is 5.26 Å². The van der Waals surface area contributed by atoms with Gasteiger partial charge < -0.3 is 5.32 Å². The van der Waals surface area contributed by atoms with Crippen molar-refractivity contribution in [3.8, 4) is 6.07 Å². The van der Waals surface area contributed by atoms with Crippen LogP contribution < -0.4 is 5.32 Å². The van der Waals surface area contributed by atoms with Gasteiger partial charge in [-0.05, 0) is 62.8 Å². The molecule has 1 unspecified atom stereocenters. The lowest BCUT2D eigenvalue weighted by molar-refractivity contribution is 0.234. The second-order valence-electron chi connectivity index (χ2n) is 6.54. The largest absolute Gasteiger partial charge is 0.314 e. The van der Waals surface area contributed by atoms with Crippen LogP contribution in [0.1, 0.15) is 36.8 Å². The van der Waals surface area contributed by atoms with Crippen molar-refractivity contribution < 1.29 is 8.42 Å². The number of benzene rings is 1. The number of rotatable bonds is 3. The summed E-state index contributed by atoms with van der Waals surface area (Å²) in [7, 11) is -3.51. The van der Waals surface area contributed by atoms with E-state index >= 15 is 0 Å². The third-order valence-corrected chi connectivity index (χ3v) is 7.14. The van der Waals surface area contributed by atoms with Crippen LogP contribution >= 0.6 is 12.4 Å². The number of sulfonamides is 1. The molecule has 2 heterocycles. The highest BCUT2D eigenvalue weighted by Gasteiger charge is 2.34. The van der Waals surface area contributed by atoms with Gasteiger partial charge in [-0.3, -0.25) is 0 Å². The molecular weight excluding hydrogens is 346 g/mol. The molecule has 0 spiro atoms. The van der Waals surface area contributed by atoms with Crippen LogP contribution in [0.25, 0.3) is 0 Å². The smallest absolute Gasteiger partial charge is 0.243 e. The van der Waals surface area contributed by atoms with Gasteiger partial charge in [-0.2, -0.15) is 9.57 Å². The maximum Gasteiger partial charge on any atom is 0.243 e. The molecule has 1 atom stereocenters. The van der Waals surface area contributed by atoms with Crippen molar-refractivity contribution in [1.82, 2.24) is 9.62 Å². The normalized spacial score (nSPS) is 22.8. The summed E-state index contributed by atoms with van der Waals surface area (Å²) in [5.41, 5.74) is 1.09. The summed E-state index contributed by atoms with van der Waals surface area (Å²) in [6.07, 6.45) is 4.26. The molecule has 2 saturated heterocycles. The second-order valence-corrected chi connectivity index (χ2v) is 8.44. The number of nitriles is 1. The van der Waals surface area contributed by atoms with E-state index in [1.807, 2.05) is 6.07 Å². The Labute approximate surface area is 150 Å². The number of hydrogen-bond donors (Lipinski definition) is 1. The highest BCUT2D eigenvalue weighted by atomic mass is 35.5. The summed E-state index contributed by atoms with van der Waals surface area (Å²) in [5.74, 6) is 0.579. The quantitative estimate of drug-likeness (QED) is 0.888. The predicted octanol–water partition coefficient (Wildman–Crippen LogP) is 2.44. The fraction of sp³-hybridized carbons (Fsp3) is 0.588. The summed E-state index contributed by atoms with van der Waals surface area (Å²) >= 11 is 0. The Kier molecular flexibility index (Phi) is 6.27. The maximum absolute atomic E-state index is 12.9. The molecule has 2 aliphatic heterocycles. The van der Waals surface area contributed by atoms with Crippen molar-refractivity contribution in [2.24, 2.45) is 5.92 Å². The van der Waals surface area contributed by atoms with Gasteiger partial charge in [-0.25, -0.2) is 8.42 Å². The van der Waals surface area contributed by atoms with E-state index < -0.39 is 10.0 Å². The van der Waals surface area contributed by atoms with Crippen LogP contribution in [0.5, 0.6) is 0 Å². The van der Waals surface area contributed by atoms with Gasteiger partial charge >= 0.3 is 0 Å². The molecule has 24 heavy (non-hydrogen) atoms. The summed E-state index contributed by atoms with van der Waals surface area (Å²) < 4.78 is 27.4. The van der Waals surface area contributed by atoms with E-state index in [0.717, 1.165) is 19.4 Å². The maximum atomic E-state index is 12.9. The molecule has 5 nitrogen and oxygen atoms in total. The molecule has 1 aromatic carbocycles. The standard InChI is InChI=1S/C17H23N3O2S.ClH/c1-13-4-5-14(12-18)11-17(13)23(21,22)20-9-6-15(7-10-20)16-3-2-8-19-16;/h4-5,11,15-16,19H,2-3,6-10H2,1H3;1H. The Balaban J connectivity index is 0.00000208. The zero-order valence-corrected chi connectivity index (χ0v) is 15.5. The SMILES string of the molecule is Cc1ccc(C#N)cc1S(=O)(=O)N1CCC(C2CCCN2)CC1.Cl. The highest BCUT2D eigenvalue weighted by Crippen LogP contribution is 2.29. The van der Waals surface area contributed by atoms with E-state index in [0.29, 0.717) is 36.2 Å². The number of halogens is 1. The van der Waals surface area contributed by atoms with Crippen molar-refractivity contribution >= 4 is 22.4 Å². The lowest BCUT2D eigenvalue weighted by Gasteiger charge is -2.34. The van der Waals surface area contributed by atoms with E-state index in [4.69, 9.17) is 5.26 Å². The van der Waals surface area contributed by atoms with Gasteiger partial charge in [0.05, 0.1) is 16.5 Å². The number of nitrogens with zero attached hydrogens (tertiary/aromatic N) is 2. The number of nitrogens with one attached hydrogen (secondary N) is 1. The molecule has 2 aliphatic rings. The highest BCUT2D eigenvalue weighted by molar-refractivity contribution is 7.89. The van der Waals surface area contributed by atoms with Crippen LogP contribution in [0, 0.1) is 24.2 Å². The Morgan fingerprint density at radius 1 is 1.25 bits per heavy atom. The van der Waals surface area contributed by atoms with Crippen molar-refractivity contribution in [2.45, 2.75) is 43.5 Å². The molecule has 0 radical (unpaired) electrons. The van der Waals surface area contributed by atoms with Crippen LogP contribution in [0.15, 0.2) is 23.1 Å². The molecule has 1 aromatic rings. The Hall–Kier alpha value is -1.13. The zero-order chi connectivity index (χ0) is 16.4. The monoisotopic (exact) mass is 369 g/mol. The topological polar surface area (TPSA) is 73.2 Å². The minimum absolute atomic E-state index is 0. The summed E-state index contributed by atoms with van der Waals surface area (Å²) in [5, 5.41) is 12.6. The Morgan fingerprint density at radius 2 is 1.96 bits per heavy atom.